The number of anilines is 1. The van der Waals surface area contributed by atoms with E-state index in [1.165, 1.54) is 0 Å². The van der Waals surface area contributed by atoms with Gasteiger partial charge in [-0.1, -0.05) is 30.3 Å². The molecule has 1 N–H and O–H groups in total. The SMILES string of the molecule is N#CCOc1ccc(/C=C\C(=O)N2CC[C@@H](Nc3ccccc3)C2)cc1. The van der Waals surface area contributed by atoms with E-state index in [-0.39, 0.29) is 18.6 Å². The smallest absolute Gasteiger partial charge is 0.246 e. The molecule has 2 aromatic carbocycles. The molecule has 1 heterocycles. The first kappa shape index (κ1) is 17.6. The van der Waals surface area contributed by atoms with Crippen molar-refractivity contribution in [2.45, 2.75) is 12.5 Å². The molecule has 26 heavy (non-hydrogen) atoms. The summed E-state index contributed by atoms with van der Waals surface area (Å²) in [7, 11) is 0. The molecule has 1 amide bonds. The van der Waals surface area contributed by atoms with E-state index in [0.29, 0.717) is 12.3 Å². The minimum Gasteiger partial charge on any atom is -0.479 e. The van der Waals surface area contributed by atoms with Gasteiger partial charge in [-0.2, -0.15) is 5.26 Å². The third-order valence-corrected chi connectivity index (χ3v) is 4.25. The lowest BCUT2D eigenvalue weighted by Gasteiger charge is -2.16. The number of carbonyl (C=O) groups excluding carboxylic acids is 1. The van der Waals surface area contributed by atoms with E-state index in [9.17, 15) is 4.79 Å². The van der Waals surface area contributed by atoms with Gasteiger partial charge in [0.15, 0.2) is 6.61 Å². The van der Waals surface area contributed by atoms with E-state index < -0.39 is 0 Å². The van der Waals surface area contributed by atoms with Crippen molar-refractivity contribution in [2.24, 2.45) is 0 Å². The summed E-state index contributed by atoms with van der Waals surface area (Å²) in [4.78, 5) is 14.2. The fraction of sp³-hybridized carbons (Fsp3) is 0.238. The highest BCUT2D eigenvalue weighted by Gasteiger charge is 2.24. The van der Waals surface area contributed by atoms with Gasteiger partial charge in [-0.3, -0.25) is 4.79 Å². The Kier molecular flexibility index (Phi) is 5.89. The van der Waals surface area contributed by atoms with Crippen LogP contribution in [-0.4, -0.2) is 36.5 Å². The van der Waals surface area contributed by atoms with Crippen LogP contribution < -0.4 is 10.1 Å². The molecule has 132 valence electrons. The highest BCUT2D eigenvalue weighted by atomic mass is 16.5. The standard InChI is InChI=1S/C21H21N3O2/c22-13-15-26-20-9-6-17(7-10-20)8-11-21(25)24-14-12-19(16-24)23-18-4-2-1-3-5-18/h1-11,19,23H,12,14-16H2/b11-8-/t19-/m1/s1. The van der Waals surface area contributed by atoms with Crippen LogP contribution >= 0.6 is 0 Å². The maximum atomic E-state index is 12.4. The van der Waals surface area contributed by atoms with Gasteiger partial charge in [-0.05, 0) is 42.3 Å². The van der Waals surface area contributed by atoms with Crippen molar-refractivity contribution >= 4 is 17.7 Å². The quantitative estimate of drug-likeness (QED) is 0.814. The molecule has 0 unspecified atom stereocenters. The van der Waals surface area contributed by atoms with Crippen molar-refractivity contribution in [1.82, 2.24) is 4.90 Å². The molecule has 0 spiro atoms. The van der Waals surface area contributed by atoms with Gasteiger partial charge in [-0.25, -0.2) is 0 Å². The van der Waals surface area contributed by atoms with Gasteiger partial charge in [0.2, 0.25) is 5.91 Å². The van der Waals surface area contributed by atoms with E-state index in [4.69, 9.17) is 10.00 Å². The topological polar surface area (TPSA) is 65.4 Å². The summed E-state index contributed by atoms with van der Waals surface area (Å²) in [6, 6.07) is 19.6. The average molecular weight is 347 g/mol. The molecule has 1 saturated heterocycles. The van der Waals surface area contributed by atoms with Crippen LogP contribution in [0, 0.1) is 11.3 Å². The first-order valence-corrected chi connectivity index (χ1v) is 8.63. The lowest BCUT2D eigenvalue weighted by atomic mass is 10.2. The van der Waals surface area contributed by atoms with Gasteiger partial charge in [0.1, 0.15) is 11.8 Å². The Morgan fingerprint density at radius 2 is 2.00 bits per heavy atom. The van der Waals surface area contributed by atoms with Crippen LogP contribution in [0.25, 0.3) is 6.08 Å². The zero-order valence-corrected chi connectivity index (χ0v) is 14.5. The molecular formula is C21H21N3O2. The van der Waals surface area contributed by atoms with E-state index in [2.05, 4.69) is 5.32 Å². The van der Waals surface area contributed by atoms with Gasteiger partial charge < -0.3 is 15.0 Å². The van der Waals surface area contributed by atoms with E-state index >= 15 is 0 Å². The van der Waals surface area contributed by atoms with Gasteiger partial charge in [-0.15, -0.1) is 0 Å². The molecule has 1 fully saturated rings. The van der Waals surface area contributed by atoms with Crippen LogP contribution in [0.2, 0.25) is 0 Å². The second-order valence-electron chi connectivity index (χ2n) is 6.13. The van der Waals surface area contributed by atoms with E-state index in [1.807, 2.05) is 53.4 Å². The largest absolute Gasteiger partial charge is 0.479 e. The second-order valence-corrected chi connectivity index (χ2v) is 6.13. The second kappa shape index (κ2) is 8.72. The molecule has 1 aliphatic rings. The molecule has 0 radical (unpaired) electrons. The minimum absolute atomic E-state index is 0.0205. The minimum atomic E-state index is 0.0205. The Morgan fingerprint density at radius 1 is 1.23 bits per heavy atom. The molecular weight excluding hydrogens is 326 g/mol. The maximum absolute atomic E-state index is 12.4. The number of likely N-dealkylation sites (tertiary alicyclic amines) is 1. The number of ether oxygens (including phenoxy) is 1. The number of nitriles is 1. The Bertz CT molecular complexity index is 794. The van der Waals surface area contributed by atoms with Gasteiger partial charge in [0.05, 0.1) is 0 Å². The Hall–Kier alpha value is -3.26. The summed E-state index contributed by atoms with van der Waals surface area (Å²) >= 11 is 0. The summed E-state index contributed by atoms with van der Waals surface area (Å²) in [5.41, 5.74) is 2.00. The molecule has 0 aromatic heterocycles. The van der Waals surface area contributed by atoms with Crippen molar-refractivity contribution in [1.29, 1.82) is 5.26 Å². The molecule has 5 nitrogen and oxygen atoms in total. The van der Waals surface area contributed by atoms with Crippen LogP contribution in [0.3, 0.4) is 0 Å². The number of rotatable bonds is 6. The number of amides is 1. The summed E-state index contributed by atoms with van der Waals surface area (Å²) in [5, 5.41) is 12.0. The number of nitrogens with one attached hydrogen (secondary N) is 1. The lowest BCUT2D eigenvalue weighted by molar-refractivity contribution is -0.124. The molecule has 3 rings (SSSR count). The monoisotopic (exact) mass is 347 g/mol. The molecule has 1 aliphatic heterocycles. The summed E-state index contributed by atoms with van der Waals surface area (Å²) in [6.45, 7) is 1.49. The van der Waals surface area contributed by atoms with Crippen LogP contribution in [0.4, 0.5) is 5.69 Å². The zero-order valence-electron chi connectivity index (χ0n) is 14.5. The number of carbonyl (C=O) groups is 1. The normalized spacial score (nSPS) is 16.4. The number of hydrogen-bond acceptors (Lipinski definition) is 4. The third-order valence-electron chi connectivity index (χ3n) is 4.25. The molecule has 0 saturated carbocycles. The zero-order chi connectivity index (χ0) is 18.2. The number of hydrogen-bond donors (Lipinski definition) is 1. The van der Waals surface area contributed by atoms with Crippen molar-refractivity contribution in [2.75, 3.05) is 25.0 Å². The summed E-state index contributed by atoms with van der Waals surface area (Å²) in [6.07, 6.45) is 4.35. The van der Waals surface area contributed by atoms with Gasteiger partial charge in [0.25, 0.3) is 0 Å². The van der Waals surface area contributed by atoms with Gasteiger partial charge in [0, 0.05) is 30.9 Å². The molecule has 2 aromatic rings. The lowest BCUT2D eigenvalue weighted by Crippen LogP contribution is -2.30. The van der Waals surface area contributed by atoms with Crippen molar-refractivity contribution < 1.29 is 9.53 Å². The molecule has 5 heteroatoms. The third kappa shape index (κ3) is 4.87. The number of para-hydroxylation sites is 1. The Balaban J connectivity index is 1.50. The first-order valence-electron chi connectivity index (χ1n) is 8.63. The van der Waals surface area contributed by atoms with Crippen LogP contribution in [0.15, 0.2) is 60.7 Å². The number of nitrogens with zero attached hydrogens (tertiary/aromatic N) is 2. The van der Waals surface area contributed by atoms with E-state index in [0.717, 1.165) is 24.2 Å². The Morgan fingerprint density at radius 3 is 2.73 bits per heavy atom. The maximum Gasteiger partial charge on any atom is 0.246 e. The highest BCUT2D eigenvalue weighted by Crippen LogP contribution is 2.17. The summed E-state index contributed by atoms with van der Waals surface area (Å²) < 4.78 is 5.21. The summed E-state index contributed by atoms with van der Waals surface area (Å²) in [5.74, 6) is 0.663. The van der Waals surface area contributed by atoms with Crippen LogP contribution in [-0.2, 0) is 4.79 Å². The predicted octanol–water partition coefficient (Wildman–Crippen LogP) is 3.32. The van der Waals surface area contributed by atoms with Gasteiger partial charge >= 0.3 is 0 Å². The van der Waals surface area contributed by atoms with Crippen LogP contribution in [0.1, 0.15) is 12.0 Å². The highest BCUT2D eigenvalue weighted by molar-refractivity contribution is 5.92. The predicted molar refractivity (Wildman–Crippen MR) is 102 cm³/mol. The average Bonchev–Trinajstić information content (AvgIpc) is 3.14. The fourth-order valence-electron chi connectivity index (χ4n) is 2.91. The van der Waals surface area contributed by atoms with E-state index in [1.54, 1.807) is 24.3 Å². The molecule has 1 atom stereocenters. The van der Waals surface area contributed by atoms with Crippen molar-refractivity contribution in [3.05, 3.63) is 66.2 Å². The fourth-order valence-corrected chi connectivity index (χ4v) is 2.91. The Labute approximate surface area is 153 Å². The van der Waals surface area contributed by atoms with Crippen molar-refractivity contribution in [3.63, 3.8) is 0 Å². The number of benzene rings is 2. The molecule has 0 bridgehead atoms. The van der Waals surface area contributed by atoms with Crippen LogP contribution in [0.5, 0.6) is 5.75 Å². The first-order chi connectivity index (χ1) is 12.7. The van der Waals surface area contributed by atoms with Crippen molar-refractivity contribution in [3.8, 4) is 11.8 Å². The molecule has 0 aliphatic carbocycles.